The number of ketones is 1. The van der Waals surface area contributed by atoms with Crippen LogP contribution in [-0.4, -0.2) is 11.9 Å². The second-order valence-electron chi connectivity index (χ2n) is 7.13. The van der Waals surface area contributed by atoms with Crippen LogP contribution in [0.2, 0.25) is 0 Å². The Morgan fingerprint density at radius 2 is 1.90 bits per heavy atom. The van der Waals surface area contributed by atoms with Gasteiger partial charge < -0.3 is 4.74 Å². The quantitative estimate of drug-likeness (QED) is 0.798. The van der Waals surface area contributed by atoms with Crippen LogP contribution in [0.3, 0.4) is 0 Å². The van der Waals surface area contributed by atoms with Crippen LogP contribution < -0.4 is 4.74 Å². The van der Waals surface area contributed by atoms with Crippen LogP contribution in [0.25, 0.3) is 0 Å². The van der Waals surface area contributed by atoms with Gasteiger partial charge in [-0.25, -0.2) is 0 Å². The number of rotatable bonds is 3. The van der Waals surface area contributed by atoms with E-state index in [1.807, 2.05) is 0 Å². The average Bonchev–Trinajstić information content (AvgIpc) is 2.49. The fourth-order valence-corrected chi connectivity index (χ4v) is 3.81. The Morgan fingerprint density at radius 1 is 1.19 bits per heavy atom. The van der Waals surface area contributed by atoms with E-state index in [-0.39, 0.29) is 11.5 Å². The molecule has 1 atom stereocenters. The fourth-order valence-electron chi connectivity index (χ4n) is 3.81. The van der Waals surface area contributed by atoms with E-state index < -0.39 is 0 Å². The van der Waals surface area contributed by atoms with E-state index in [1.54, 1.807) is 0 Å². The van der Waals surface area contributed by atoms with Crippen LogP contribution in [0.4, 0.5) is 0 Å². The van der Waals surface area contributed by atoms with E-state index in [2.05, 4.69) is 39.0 Å². The number of aryl methyl sites for hydroxylation is 1. The van der Waals surface area contributed by atoms with Crippen molar-refractivity contribution >= 4 is 5.78 Å². The Hall–Kier alpha value is -1.31. The second kappa shape index (κ2) is 5.47. The molecule has 1 aromatic carbocycles. The molecule has 2 heteroatoms. The summed E-state index contributed by atoms with van der Waals surface area (Å²) in [6, 6.07) is 6.48. The number of ether oxygens (including phenoxy) is 1. The van der Waals surface area contributed by atoms with Gasteiger partial charge in [-0.2, -0.15) is 0 Å². The van der Waals surface area contributed by atoms with Crippen LogP contribution in [0.5, 0.6) is 5.75 Å². The van der Waals surface area contributed by atoms with Gasteiger partial charge in [-0.05, 0) is 42.9 Å². The molecular weight excluding hydrogens is 260 g/mol. The lowest BCUT2D eigenvalue weighted by atomic mass is 9.57. The van der Waals surface area contributed by atoms with Crippen molar-refractivity contribution in [3.63, 3.8) is 0 Å². The Morgan fingerprint density at radius 3 is 2.52 bits per heavy atom. The molecule has 2 aliphatic carbocycles. The summed E-state index contributed by atoms with van der Waals surface area (Å²) in [5.74, 6) is 1.91. The summed E-state index contributed by atoms with van der Waals surface area (Å²) in [4.78, 5) is 12.2. The summed E-state index contributed by atoms with van der Waals surface area (Å²) >= 11 is 0. The molecular formula is C19H26O2. The fraction of sp³-hybridized carbons (Fsp3) is 0.632. The minimum absolute atomic E-state index is 0.103. The second-order valence-corrected chi connectivity index (χ2v) is 7.13. The van der Waals surface area contributed by atoms with Gasteiger partial charge in [-0.3, -0.25) is 4.79 Å². The molecule has 2 aliphatic rings. The highest BCUT2D eigenvalue weighted by Gasteiger charge is 2.56. The summed E-state index contributed by atoms with van der Waals surface area (Å²) in [6.07, 6.45) is 6.38. The van der Waals surface area contributed by atoms with Gasteiger partial charge in [0.2, 0.25) is 0 Å². The van der Waals surface area contributed by atoms with Gasteiger partial charge in [0.15, 0.2) is 0 Å². The molecule has 0 radical (unpaired) electrons. The molecule has 2 nitrogen and oxygen atoms in total. The monoisotopic (exact) mass is 286 g/mol. The molecule has 1 unspecified atom stereocenters. The third kappa shape index (κ3) is 2.49. The molecule has 0 heterocycles. The van der Waals surface area contributed by atoms with Crippen molar-refractivity contribution in [2.75, 3.05) is 0 Å². The topological polar surface area (TPSA) is 26.3 Å². The molecule has 114 valence electrons. The Kier molecular flexibility index (Phi) is 3.81. The predicted octanol–water partition coefficient (Wildman–Crippen LogP) is 4.79. The Labute approximate surface area is 127 Å². The summed E-state index contributed by atoms with van der Waals surface area (Å²) in [7, 11) is 0. The molecule has 0 bridgehead atoms. The summed E-state index contributed by atoms with van der Waals surface area (Å²) < 4.78 is 6.31. The van der Waals surface area contributed by atoms with Crippen molar-refractivity contribution in [3.05, 3.63) is 29.3 Å². The Balaban J connectivity index is 1.80. The molecule has 1 aromatic rings. The molecule has 0 N–H and O–H groups in total. The van der Waals surface area contributed by atoms with E-state index >= 15 is 0 Å². The number of benzene rings is 1. The first-order chi connectivity index (χ1) is 10.0. The lowest BCUT2D eigenvalue weighted by Crippen LogP contribution is -2.57. The highest BCUT2D eigenvalue weighted by Crippen LogP contribution is 2.50. The SMILES string of the molecule is Cc1ccc(C(C)C)cc1OC1CC(=O)C12CCCCC2. The third-order valence-electron chi connectivity index (χ3n) is 5.44. The normalized spacial score (nSPS) is 24.2. The van der Waals surface area contributed by atoms with Crippen molar-refractivity contribution in [3.8, 4) is 5.75 Å². The maximum atomic E-state index is 12.2. The first-order valence-corrected chi connectivity index (χ1v) is 8.33. The van der Waals surface area contributed by atoms with E-state index in [0.717, 1.165) is 18.6 Å². The van der Waals surface area contributed by atoms with E-state index in [0.29, 0.717) is 18.1 Å². The van der Waals surface area contributed by atoms with Crippen LogP contribution in [0, 0.1) is 12.3 Å². The number of hydrogen-bond donors (Lipinski definition) is 0. The summed E-state index contributed by atoms with van der Waals surface area (Å²) in [6.45, 7) is 6.49. The number of hydrogen-bond acceptors (Lipinski definition) is 2. The number of Topliss-reactive ketones (excluding diaryl/α,β-unsaturated/α-hetero) is 1. The Bertz CT molecular complexity index is 538. The molecule has 1 spiro atoms. The minimum Gasteiger partial charge on any atom is -0.489 e. The standard InChI is InChI=1S/C19H26O2/c1-13(2)15-8-7-14(3)16(11-15)21-18-12-17(20)19(18)9-5-4-6-10-19/h7-8,11,13,18H,4-6,9-10,12H2,1-3H3. The zero-order valence-electron chi connectivity index (χ0n) is 13.4. The first-order valence-electron chi connectivity index (χ1n) is 8.33. The highest BCUT2D eigenvalue weighted by molar-refractivity contribution is 5.92. The average molecular weight is 286 g/mol. The molecule has 0 amide bonds. The third-order valence-corrected chi connectivity index (χ3v) is 5.44. The molecule has 21 heavy (non-hydrogen) atoms. The lowest BCUT2D eigenvalue weighted by molar-refractivity contribution is -0.156. The van der Waals surface area contributed by atoms with Crippen molar-refractivity contribution in [1.29, 1.82) is 0 Å². The van der Waals surface area contributed by atoms with Gasteiger partial charge in [-0.15, -0.1) is 0 Å². The van der Waals surface area contributed by atoms with Gasteiger partial charge in [0.25, 0.3) is 0 Å². The first kappa shape index (κ1) is 14.6. The van der Waals surface area contributed by atoms with E-state index in [1.165, 1.54) is 30.4 Å². The zero-order valence-corrected chi connectivity index (χ0v) is 13.4. The van der Waals surface area contributed by atoms with Crippen molar-refractivity contribution in [2.45, 2.75) is 71.3 Å². The van der Waals surface area contributed by atoms with Crippen LogP contribution in [-0.2, 0) is 4.79 Å². The van der Waals surface area contributed by atoms with Gasteiger partial charge in [0.1, 0.15) is 17.6 Å². The summed E-state index contributed by atoms with van der Waals surface area (Å²) in [5.41, 5.74) is 2.32. The zero-order chi connectivity index (χ0) is 15.0. The number of carbonyl (C=O) groups excluding carboxylic acids is 1. The molecule has 2 saturated carbocycles. The van der Waals surface area contributed by atoms with Crippen molar-refractivity contribution < 1.29 is 9.53 Å². The molecule has 0 aromatic heterocycles. The summed E-state index contributed by atoms with van der Waals surface area (Å²) in [5, 5.41) is 0. The van der Waals surface area contributed by atoms with Crippen molar-refractivity contribution in [1.82, 2.24) is 0 Å². The van der Waals surface area contributed by atoms with Gasteiger partial charge in [0, 0.05) is 6.42 Å². The molecule has 0 saturated heterocycles. The number of carbonyl (C=O) groups is 1. The smallest absolute Gasteiger partial charge is 0.146 e. The molecule has 2 fully saturated rings. The van der Waals surface area contributed by atoms with Crippen LogP contribution >= 0.6 is 0 Å². The molecule has 0 aliphatic heterocycles. The van der Waals surface area contributed by atoms with E-state index in [9.17, 15) is 4.79 Å². The van der Waals surface area contributed by atoms with Crippen LogP contribution in [0.1, 0.15) is 69.4 Å². The molecule has 3 rings (SSSR count). The lowest BCUT2D eigenvalue weighted by Gasteiger charge is -2.49. The van der Waals surface area contributed by atoms with Crippen LogP contribution in [0.15, 0.2) is 18.2 Å². The highest BCUT2D eigenvalue weighted by atomic mass is 16.5. The predicted molar refractivity (Wildman–Crippen MR) is 84.8 cm³/mol. The van der Waals surface area contributed by atoms with Crippen molar-refractivity contribution in [2.24, 2.45) is 5.41 Å². The maximum absolute atomic E-state index is 12.2. The van der Waals surface area contributed by atoms with Gasteiger partial charge >= 0.3 is 0 Å². The van der Waals surface area contributed by atoms with Gasteiger partial charge in [0.05, 0.1) is 5.41 Å². The van der Waals surface area contributed by atoms with Gasteiger partial charge in [-0.1, -0.05) is 45.2 Å². The largest absolute Gasteiger partial charge is 0.489 e. The van der Waals surface area contributed by atoms with E-state index in [4.69, 9.17) is 4.74 Å². The maximum Gasteiger partial charge on any atom is 0.146 e. The minimum atomic E-state index is -0.154.